The van der Waals surface area contributed by atoms with Gasteiger partial charge in [-0.05, 0) is 17.7 Å². The maximum atomic E-state index is 11.9. The van der Waals surface area contributed by atoms with E-state index in [2.05, 4.69) is 0 Å². The van der Waals surface area contributed by atoms with Crippen LogP contribution in [-0.4, -0.2) is 54.7 Å². The van der Waals surface area contributed by atoms with E-state index in [1.54, 1.807) is 12.6 Å². The first kappa shape index (κ1) is 15.2. The number of hydrogen-bond donors (Lipinski definition) is 2. The average molecular weight is 308 g/mol. The van der Waals surface area contributed by atoms with Crippen molar-refractivity contribution in [3.63, 3.8) is 0 Å². The number of nitrogens with zero attached hydrogens (tertiary/aromatic N) is 1. The van der Waals surface area contributed by atoms with Gasteiger partial charge in [-0.15, -0.1) is 0 Å². The van der Waals surface area contributed by atoms with Crippen LogP contribution < -0.4 is 10.2 Å². The molecule has 0 aromatic heterocycles. The number of hydrogen-bond acceptors (Lipinski definition) is 6. The van der Waals surface area contributed by atoms with Crippen molar-refractivity contribution in [2.75, 3.05) is 26.9 Å². The highest BCUT2D eigenvalue weighted by Gasteiger charge is 2.50. The van der Waals surface area contributed by atoms with E-state index in [-0.39, 0.29) is 0 Å². The smallest absolute Gasteiger partial charge is 0.260 e. The zero-order valence-corrected chi connectivity index (χ0v) is 12.4. The molecular weight excluding hydrogens is 288 g/mol. The minimum absolute atomic E-state index is 0.412. The van der Waals surface area contributed by atoms with E-state index in [1.165, 1.54) is 0 Å². The summed E-state index contributed by atoms with van der Waals surface area (Å²) >= 11 is 0. The largest absolute Gasteiger partial charge is 0.497 e. The van der Waals surface area contributed by atoms with Gasteiger partial charge in [0.25, 0.3) is 5.91 Å². The second-order valence-electron chi connectivity index (χ2n) is 5.56. The second-order valence-corrected chi connectivity index (χ2v) is 5.56. The van der Waals surface area contributed by atoms with Gasteiger partial charge in [0, 0.05) is 13.0 Å². The number of carbonyl (C=O) groups is 1. The number of ether oxygens (including phenoxy) is 3. The Morgan fingerprint density at radius 3 is 2.68 bits per heavy atom. The van der Waals surface area contributed by atoms with Gasteiger partial charge in [-0.3, -0.25) is 14.9 Å². The summed E-state index contributed by atoms with van der Waals surface area (Å²) in [6.45, 7) is 2.13. The third kappa shape index (κ3) is 2.93. The van der Waals surface area contributed by atoms with Gasteiger partial charge in [-0.2, -0.15) is 0 Å². The van der Waals surface area contributed by atoms with E-state index in [9.17, 15) is 4.79 Å². The molecule has 0 bridgehead atoms. The van der Waals surface area contributed by atoms with Crippen LogP contribution in [0.1, 0.15) is 12.0 Å². The molecule has 2 heterocycles. The molecule has 2 fully saturated rings. The quantitative estimate of drug-likeness (QED) is 0.623. The van der Waals surface area contributed by atoms with Crippen LogP contribution in [0.5, 0.6) is 5.75 Å². The molecule has 1 aromatic carbocycles. The van der Waals surface area contributed by atoms with E-state index >= 15 is 0 Å². The Kier molecular flexibility index (Phi) is 4.30. The van der Waals surface area contributed by atoms with E-state index in [4.69, 9.17) is 19.4 Å². The third-order valence-corrected chi connectivity index (χ3v) is 4.16. The van der Waals surface area contributed by atoms with Gasteiger partial charge in [-0.1, -0.05) is 12.1 Å². The lowest BCUT2D eigenvalue weighted by molar-refractivity contribution is -0.148. The molecule has 2 aliphatic heterocycles. The maximum absolute atomic E-state index is 11.9. The van der Waals surface area contributed by atoms with Crippen molar-refractivity contribution in [2.24, 2.45) is 0 Å². The van der Waals surface area contributed by atoms with Gasteiger partial charge >= 0.3 is 0 Å². The number of rotatable bonds is 4. The minimum atomic E-state index is -0.732. The van der Waals surface area contributed by atoms with Gasteiger partial charge in [0.2, 0.25) is 0 Å². The van der Waals surface area contributed by atoms with Gasteiger partial charge in [0.05, 0.1) is 32.9 Å². The second kappa shape index (κ2) is 6.21. The molecule has 1 atom stereocenters. The SMILES string of the molecule is COc1ccc(CN2CC3(C[C@@H]2C(=O)NO)OCCO3)cc1. The summed E-state index contributed by atoms with van der Waals surface area (Å²) in [5.74, 6) is -0.387. The van der Waals surface area contributed by atoms with Crippen molar-refractivity contribution < 1.29 is 24.2 Å². The van der Waals surface area contributed by atoms with E-state index in [0.717, 1.165) is 11.3 Å². The van der Waals surface area contributed by atoms with Crippen LogP contribution in [-0.2, 0) is 20.8 Å². The molecule has 1 aromatic rings. The first-order chi connectivity index (χ1) is 10.7. The molecule has 22 heavy (non-hydrogen) atoms. The fourth-order valence-electron chi connectivity index (χ4n) is 3.08. The fraction of sp³-hybridized carbons (Fsp3) is 0.533. The summed E-state index contributed by atoms with van der Waals surface area (Å²) in [5.41, 5.74) is 2.78. The lowest BCUT2D eigenvalue weighted by atomic mass is 10.1. The summed E-state index contributed by atoms with van der Waals surface area (Å²) in [7, 11) is 1.62. The molecule has 2 N–H and O–H groups in total. The fourth-order valence-corrected chi connectivity index (χ4v) is 3.08. The molecule has 0 aliphatic carbocycles. The highest BCUT2D eigenvalue weighted by atomic mass is 16.7. The number of benzene rings is 1. The number of amides is 1. The van der Waals surface area contributed by atoms with Crippen LogP contribution in [0, 0.1) is 0 Å². The Bertz CT molecular complexity index is 527. The number of nitrogens with one attached hydrogen (secondary N) is 1. The third-order valence-electron chi connectivity index (χ3n) is 4.16. The van der Waals surface area contributed by atoms with E-state index in [0.29, 0.717) is 32.7 Å². The summed E-state index contributed by atoms with van der Waals surface area (Å²) in [6, 6.07) is 7.18. The molecule has 2 aliphatic rings. The first-order valence-corrected chi connectivity index (χ1v) is 7.25. The molecule has 0 saturated carbocycles. The van der Waals surface area contributed by atoms with Crippen LogP contribution in [0.4, 0.5) is 0 Å². The van der Waals surface area contributed by atoms with Crippen molar-refractivity contribution in [2.45, 2.75) is 24.8 Å². The zero-order valence-electron chi connectivity index (χ0n) is 12.4. The monoisotopic (exact) mass is 308 g/mol. The number of methoxy groups -OCH3 is 1. The Hall–Kier alpha value is -1.67. The minimum Gasteiger partial charge on any atom is -0.497 e. The van der Waals surface area contributed by atoms with Crippen molar-refractivity contribution in [3.8, 4) is 5.75 Å². The zero-order chi connectivity index (χ0) is 15.6. The molecule has 120 valence electrons. The summed E-state index contributed by atoms with van der Waals surface area (Å²) in [4.78, 5) is 13.9. The predicted molar refractivity (Wildman–Crippen MR) is 76.4 cm³/mol. The van der Waals surface area contributed by atoms with Gasteiger partial charge in [0.1, 0.15) is 5.75 Å². The normalized spacial score (nSPS) is 23.8. The number of hydroxylamine groups is 1. The summed E-state index contributed by atoms with van der Waals surface area (Å²) in [6.07, 6.45) is 0.412. The van der Waals surface area contributed by atoms with Crippen LogP contribution in [0.2, 0.25) is 0 Å². The molecule has 7 heteroatoms. The molecule has 0 radical (unpaired) electrons. The molecule has 3 rings (SSSR count). The topological polar surface area (TPSA) is 80.3 Å². The molecule has 7 nitrogen and oxygen atoms in total. The lowest BCUT2D eigenvalue weighted by Crippen LogP contribution is -2.41. The molecule has 0 unspecified atom stereocenters. The van der Waals surface area contributed by atoms with Gasteiger partial charge in [0.15, 0.2) is 5.79 Å². The van der Waals surface area contributed by atoms with Crippen molar-refractivity contribution >= 4 is 5.91 Å². The lowest BCUT2D eigenvalue weighted by Gasteiger charge is -2.23. The van der Waals surface area contributed by atoms with Crippen molar-refractivity contribution in [1.29, 1.82) is 0 Å². The Morgan fingerprint density at radius 1 is 1.41 bits per heavy atom. The van der Waals surface area contributed by atoms with Crippen molar-refractivity contribution in [1.82, 2.24) is 10.4 Å². The highest BCUT2D eigenvalue weighted by molar-refractivity contribution is 5.81. The van der Waals surface area contributed by atoms with E-state index < -0.39 is 17.7 Å². The van der Waals surface area contributed by atoms with Gasteiger partial charge in [-0.25, -0.2) is 5.48 Å². The Morgan fingerprint density at radius 2 is 2.09 bits per heavy atom. The van der Waals surface area contributed by atoms with Crippen LogP contribution in [0.3, 0.4) is 0 Å². The van der Waals surface area contributed by atoms with Crippen LogP contribution in [0.25, 0.3) is 0 Å². The molecule has 1 amide bonds. The Balaban J connectivity index is 1.75. The molecule has 1 spiro atoms. The predicted octanol–water partition coefficient (Wildman–Crippen LogP) is 0.518. The van der Waals surface area contributed by atoms with Crippen LogP contribution in [0.15, 0.2) is 24.3 Å². The first-order valence-electron chi connectivity index (χ1n) is 7.25. The standard InChI is InChI=1S/C15H20N2O5/c1-20-12-4-2-11(3-5-12)9-17-10-15(21-6-7-22-15)8-13(17)14(18)16-19/h2-5,13,19H,6-10H2,1H3,(H,16,18)/t13-/m1/s1. The Labute approximate surface area is 128 Å². The van der Waals surface area contributed by atoms with E-state index in [1.807, 2.05) is 29.2 Å². The summed E-state index contributed by atoms with van der Waals surface area (Å²) < 4.78 is 16.5. The van der Waals surface area contributed by atoms with Crippen molar-refractivity contribution in [3.05, 3.63) is 29.8 Å². The maximum Gasteiger partial charge on any atom is 0.260 e. The number of carbonyl (C=O) groups excluding carboxylic acids is 1. The number of likely N-dealkylation sites (tertiary alicyclic amines) is 1. The molecule has 2 saturated heterocycles. The molecular formula is C15H20N2O5. The van der Waals surface area contributed by atoms with Gasteiger partial charge < -0.3 is 14.2 Å². The average Bonchev–Trinajstić information content (AvgIpc) is 3.15. The van der Waals surface area contributed by atoms with Crippen LogP contribution >= 0.6 is 0 Å². The summed E-state index contributed by atoms with van der Waals surface area (Å²) in [5, 5.41) is 8.95. The highest BCUT2D eigenvalue weighted by Crippen LogP contribution is 2.35.